The number of amides is 3. The van der Waals surface area contributed by atoms with Gasteiger partial charge in [0, 0.05) is 25.1 Å². The summed E-state index contributed by atoms with van der Waals surface area (Å²) in [6.45, 7) is 1.71. The second-order valence-electron chi connectivity index (χ2n) is 6.57. The summed E-state index contributed by atoms with van der Waals surface area (Å²) in [6, 6.07) is 2.03. The summed E-state index contributed by atoms with van der Waals surface area (Å²) < 4.78 is 20.0. The molecule has 3 amide bonds. The minimum Gasteiger partial charge on any atom is -0.486 e. The molecule has 2 N–H and O–H groups in total. The van der Waals surface area contributed by atoms with E-state index in [1.807, 2.05) is 0 Å². The smallest absolute Gasteiger partial charge is 0.255 e. The van der Waals surface area contributed by atoms with Gasteiger partial charge in [-0.2, -0.15) is 0 Å². The molecule has 0 spiro atoms. The SMILES string of the molecule is O=C1CCC(N2Cc3cc(O[C@H]4CCNC4)c(F)cc3C2=O)C(=O)N1. The molecule has 132 valence electrons. The molecule has 3 aliphatic rings. The van der Waals surface area contributed by atoms with Gasteiger partial charge in [0.15, 0.2) is 11.6 Å². The van der Waals surface area contributed by atoms with E-state index in [0.29, 0.717) is 12.1 Å². The maximum atomic E-state index is 14.3. The summed E-state index contributed by atoms with van der Waals surface area (Å²) in [5.41, 5.74) is 0.885. The summed E-state index contributed by atoms with van der Waals surface area (Å²) >= 11 is 0. The van der Waals surface area contributed by atoms with E-state index in [0.717, 1.165) is 13.0 Å². The Morgan fingerprint density at radius 3 is 2.76 bits per heavy atom. The Hall–Kier alpha value is -2.48. The third-order valence-corrected chi connectivity index (χ3v) is 4.88. The Morgan fingerprint density at radius 1 is 1.20 bits per heavy atom. The topological polar surface area (TPSA) is 87.7 Å². The van der Waals surface area contributed by atoms with E-state index in [2.05, 4.69) is 10.6 Å². The summed E-state index contributed by atoms with van der Waals surface area (Å²) in [4.78, 5) is 37.3. The van der Waals surface area contributed by atoms with Crippen molar-refractivity contribution >= 4 is 17.7 Å². The first-order chi connectivity index (χ1) is 12.0. The number of ether oxygens (including phenoxy) is 1. The van der Waals surface area contributed by atoms with Crippen molar-refractivity contribution in [2.75, 3.05) is 13.1 Å². The van der Waals surface area contributed by atoms with Crippen LogP contribution in [0.15, 0.2) is 12.1 Å². The second kappa shape index (κ2) is 6.11. The van der Waals surface area contributed by atoms with Crippen molar-refractivity contribution in [3.05, 3.63) is 29.1 Å². The van der Waals surface area contributed by atoms with Gasteiger partial charge in [-0.05, 0) is 37.1 Å². The minimum absolute atomic E-state index is 0.0871. The fraction of sp³-hybridized carbons (Fsp3) is 0.471. The van der Waals surface area contributed by atoms with E-state index in [4.69, 9.17) is 4.74 Å². The number of imide groups is 1. The van der Waals surface area contributed by atoms with Crippen molar-refractivity contribution in [1.82, 2.24) is 15.5 Å². The zero-order valence-electron chi connectivity index (χ0n) is 13.5. The Bertz CT molecular complexity index is 761. The van der Waals surface area contributed by atoms with Crippen molar-refractivity contribution in [3.63, 3.8) is 0 Å². The van der Waals surface area contributed by atoms with Crippen LogP contribution < -0.4 is 15.4 Å². The average Bonchev–Trinajstić information content (AvgIpc) is 3.18. The molecule has 7 nitrogen and oxygen atoms in total. The third kappa shape index (κ3) is 2.86. The van der Waals surface area contributed by atoms with Crippen molar-refractivity contribution in [2.45, 2.75) is 38.0 Å². The number of carbonyl (C=O) groups excluding carboxylic acids is 3. The number of rotatable bonds is 3. The maximum absolute atomic E-state index is 14.3. The second-order valence-corrected chi connectivity index (χ2v) is 6.57. The molecule has 1 aromatic carbocycles. The van der Waals surface area contributed by atoms with Gasteiger partial charge >= 0.3 is 0 Å². The van der Waals surface area contributed by atoms with Gasteiger partial charge in [0.25, 0.3) is 5.91 Å². The molecule has 3 aliphatic heterocycles. The fourth-order valence-corrected chi connectivity index (χ4v) is 3.57. The predicted octanol–water partition coefficient (Wildman–Crippen LogP) is 0.327. The summed E-state index contributed by atoms with van der Waals surface area (Å²) in [5.74, 6) is -1.66. The number of fused-ring (bicyclic) bond motifs is 1. The number of benzene rings is 1. The monoisotopic (exact) mass is 347 g/mol. The van der Waals surface area contributed by atoms with Crippen LogP contribution in [0.25, 0.3) is 0 Å². The molecule has 1 aromatic rings. The largest absolute Gasteiger partial charge is 0.486 e. The van der Waals surface area contributed by atoms with Gasteiger partial charge in [-0.3, -0.25) is 19.7 Å². The Morgan fingerprint density at radius 2 is 2.04 bits per heavy atom. The lowest BCUT2D eigenvalue weighted by Gasteiger charge is -2.29. The molecular weight excluding hydrogens is 329 g/mol. The molecule has 0 aliphatic carbocycles. The molecule has 4 rings (SSSR count). The van der Waals surface area contributed by atoms with Crippen molar-refractivity contribution in [3.8, 4) is 5.75 Å². The van der Waals surface area contributed by atoms with Crippen LogP contribution in [0.2, 0.25) is 0 Å². The number of hydrogen-bond donors (Lipinski definition) is 2. The van der Waals surface area contributed by atoms with E-state index >= 15 is 0 Å². The fourth-order valence-electron chi connectivity index (χ4n) is 3.57. The standard InChI is InChI=1S/C17H18FN3O4/c18-12-6-11-9(5-14(12)25-10-3-4-19-7-10)8-21(17(11)24)13-1-2-15(22)20-16(13)23/h5-6,10,13,19H,1-4,7-8H2,(H,20,22,23)/t10-,13?/m0/s1. The van der Waals surface area contributed by atoms with Crippen LogP contribution in [-0.4, -0.2) is 47.9 Å². The van der Waals surface area contributed by atoms with Crippen LogP contribution in [0, 0.1) is 5.82 Å². The predicted molar refractivity (Wildman–Crippen MR) is 84.3 cm³/mol. The molecule has 2 atom stereocenters. The zero-order chi connectivity index (χ0) is 17.6. The lowest BCUT2D eigenvalue weighted by atomic mass is 10.0. The number of carbonyl (C=O) groups is 3. The van der Waals surface area contributed by atoms with Crippen molar-refractivity contribution in [2.24, 2.45) is 0 Å². The van der Waals surface area contributed by atoms with E-state index < -0.39 is 23.7 Å². The van der Waals surface area contributed by atoms with E-state index in [1.54, 1.807) is 6.07 Å². The van der Waals surface area contributed by atoms with E-state index in [1.165, 1.54) is 11.0 Å². The molecule has 1 unspecified atom stereocenters. The van der Waals surface area contributed by atoms with Crippen LogP contribution in [0.4, 0.5) is 4.39 Å². The average molecular weight is 347 g/mol. The summed E-state index contributed by atoms with van der Waals surface area (Å²) in [5, 5.41) is 5.40. The molecule has 3 heterocycles. The quantitative estimate of drug-likeness (QED) is 0.770. The van der Waals surface area contributed by atoms with Gasteiger partial charge in [-0.25, -0.2) is 4.39 Å². The van der Waals surface area contributed by atoms with E-state index in [-0.39, 0.29) is 42.7 Å². The highest BCUT2D eigenvalue weighted by Crippen LogP contribution is 2.32. The molecule has 0 bridgehead atoms. The third-order valence-electron chi connectivity index (χ3n) is 4.88. The molecule has 2 saturated heterocycles. The Kier molecular flexibility index (Phi) is 3.91. The molecule has 0 aromatic heterocycles. The molecule has 25 heavy (non-hydrogen) atoms. The van der Waals surface area contributed by atoms with Gasteiger partial charge in [-0.15, -0.1) is 0 Å². The van der Waals surface area contributed by atoms with Crippen molar-refractivity contribution < 1.29 is 23.5 Å². The molecule has 0 saturated carbocycles. The highest BCUT2D eigenvalue weighted by Gasteiger charge is 2.39. The van der Waals surface area contributed by atoms with Crippen LogP contribution in [-0.2, 0) is 16.1 Å². The molecular formula is C17H18FN3O4. The number of piperidine rings is 1. The normalized spacial score (nSPS) is 26.0. The lowest BCUT2D eigenvalue weighted by molar-refractivity contribution is -0.136. The Labute approximate surface area is 143 Å². The molecule has 0 radical (unpaired) electrons. The van der Waals surface area contributed by atoms with Gasteiger partial charge in [0.05, 0.1) is 0 Å². The first-order valence-electron chi connectivity index (χ1n) is 8.37. The van der Waals surface area contributed by atoms with Crippen LogP contribution >= 0.6 is 0 Å². The number of hydrogen-bond acceptors (Lipinski definition) is 5. The van der Waals surface area contributed by atoms with Gasteiger partial charge in [0.2, 0.25) is 11.8 Å². The van der Waals surface area contributed by atoms with Crippen LogP contribution in [0.1, 0.15) is 35.2 Å². The Balaban J connectivity index is 1.56. The summed E-state index contributed by atoms with van der Waals surface area (Å²) in [7, 11) is 0. The van der Waals surface area contributed by atoms with Gasteiger partial charge in [0.1, 0.15) is 12.1 Å². The maximum Gasteiger partial charge on any atom is 0.255 e. The highest BCUT2D eigenvalue weighted by atomic mass is 19.1. The van der Waals surface area contributed by atoms with Crippen molar-refractivity contribution in [1.29, 1.82) is 0 Å². The van der Waals surface area contributed by atoms with Crippen LogP contribution in [0.5, 0.6) is 5.75 Å². The van der Waals surface area contributed by atoms with Crippen LogP contribution in [0.3, 0.4) is 0 Å². The van der Waals surface area contributed by atoms with E-state index in [9.17, 15) is 18.8 Å². The summed E-state index contributed by atoms with van der Waals surface area (Å²) in [6.07, 6.45) is 1.19. The number of nitrogens with zero attached hydrogens (tertiary/aromatic N) is 1. The first-order valence-corrected chi connectivity index (χ1v) is 8.37. The number of halogens is 1. The zero-order valence-corrected chi connectivity index (χ0v) is 13.5. The van der Waals surface area contributed by atoms with Gasteiger partial charge < -0.3 is 15.0 Å². The number of nitrogens with one attached hydrogen (secondary N) is 2. The van der Waals surface area contributed by atoms with Gasteiger partial charge in [-0.1, -0.05) is 0 Å². The molecule has 8 heteroatoms. The lowest BCUT2D eigenvalue weighted by Crippen LogP contribution is -2.52. The minimum atomic E-state index is -0.705. The molecule has 2 fully saturated rings. The highest BCUT2D eigenvalue weighted by molar-refractivity contribution is 6.05. The first kappa shape index (κ1) is 16.0.